The fourth-order valence-electron chi connectivity index (χ4n) is 4.47. The highest BCUT2D eigenvalue weighted by Gasteiger charge is 2.31. The summed E-state index contributed by atoms with van der Waals surface area (Å²) in [6.07, 6.45) is 8.21. The summed E-state index contributed by atoms with van der Waals surface area (Å²) in [7, 11) is 0. The van der Waals surface area contributed by atoms with Crippen molar-refractivity contribution in [3.63, 3.8) is 0 Å². The number of amides is 2. The van der Waals surface area contributed by atoms with Crippen LogP contribution in [0.3, 0.4) is 0 Å². The highest BCUT2D eigenvalue weighted by molar-refractivity contribution is 5.82. The van der Waals surface area contributed by atoms with Crippen LogP contribution in [0.4, 0.5) is 0 Å². The zero-order valence-electron chi connectivity index (χ0n) is 15.3. The maximum Gasteiger partial charge on any atom is 0.239 e. The van der Waals surface area contributed by atoms with Crippen molar-refractivity contribution >= 4 is 11.8 Å². The minimum atomic E-state index is -0.426. The lowest BCUT2D eigenvalue weighted by molar-refractivity contribution is -0.136. The summed E-state index contributed by atoms with van der Waals surface area (Å²) in [5, 5.41) is 0. The van der Waals surface area contributed by atoms with E-state index >= 15 is 0 Å². The first-order valence-electron chi connectivity index (χ1n) is 10.0. The molecule has 0 bridgehead atoms. The number of ether oxygens (including phenoxy) is 1. The molecule has 2 saturated heterocycles. The smallest absolute Gasteiger partial charge is 0.239 e. The molecule has 2 amide bonds. The van der Waals surface area contributed by atoms with E-state index in [2.05, 4.69) is 0 Å². The van der Waals surface area contributed by atoms with Gasteiger partial charge in [0, 0.05) is 45.8 Å². The van der Waals surface area contributed by atoms with Crippen molar-refractivity contribution in [3.8, 4) is 0 Å². The Morgan fingerprint density at radius 3 is 2.28 bits per heavy atom. The molecule has 3 fully saturated rings. The molecule has 1 unspecified atom stereocenters. The summed E-state index contributed by atoms with van der Waals surface area (Å²) in [5.74, 6) is 1.13. The summed E-state index contributed by atoms with van der Waals surface area (Å²) in [4.78, 5) is 29.2. The van der Waals surface area contributed by atoms with E-state index in [1.165, 1.54) is 25.7 Å². The van der Waals surface area contributed by atoms with Gasteiger partial charge in [-0.1, -0.05) is 12.8 Å². The largest absolute Gasteiger partial charge is 0.381 e. The Labute approximate surface area is 151 Å². The summed E-state index contributed by atoms with van der Waals surface area (Å²) < 4.78 is 5.37. The van der Waals surface area contributed by atoms with Gasteiger partial charge in [-0.05, 0) is 43.9 Å². The van der Waals surface area contributed by atoms with E-state index in [9.17, 15) is 9.59 Å². The van der Waals surface area contributed by atoms with Crippen molar-refractivity contribution in [1.82, 2.24) is 9.80 Å². The number of nitrogens with two attached hydrogens (primary N) is 1. The molecule has 0 radical (unpaired) electrons. The minimum Gasteiger partial charge on any atom is -0.381 e. The van der Waals surface area contributed by atoms with Crippen LogP contribution in [0.1, 0.15) is 51.4 Å². The number of hydrogen-bond acceptors (Lipinski definition) is 4. The molecule has 0 aromatic carbocycles. The first-order chi connectivity index (χ1) is 12.1. The van der Waals surface area contributed by atoms with E-state index < -0.39 is 6.04 Å². The summed E-state index contributed by atoms with van der Waals surface area (Å²) in [6, 6.07) is -0.426. The minimum absolute atomic E-state index is 0.0528. The Morgan fingerprint density at radius 2 is 1.56 bits per heavy atom. The maximum absolute atomic E-state index is 12.8. The van der Waals surface area contributed by atoms with Crippen LogP contribution in [-0.2, 0) is 14.3 Å². The van der Waals surface area contributed by atoms with Crippen LogP contribution in [0.2, 0.25) is 0 Å². The third-order valence-electron chi connectivity index (χ3n) is 6.16. The highest BCUT2D eigenvalue weighted by Crippen LogP contribution is 2.28. The SMILES string of the molecule is NC(C(=O)N1CCCN(C(=O)CC2CCCC2)CC1)C1CCOCC1. The third kappa shape index (κ3) is 4.94. The van der Waals surface area contributed by atoms with Gasteiger partial charge in [0.05, 0.1) is 6.04 Å². The summed E-state index contributed by atoms with van der Waals surface area (Å²) in [6.45, 7) is 4.15. The first kappa shape index (κ1) is 18.6. The molecule has 2 heterocycles. The predicted octanol–water partition coefficient (Wildman–Crippen LogP) is 1.38. The monoisotopic (exact) mass is 351 g/mol. The second-order valence-corrected chi connectivity index (χ2v) is 7.89. The Hall–Kier alpha value is -1.14. The highest BCUT2D eigenvalue weighted by atomic mass is 16.5. The van der Waals surface area contributed by atoms with Gasteiger partial charge in [0.15, 0.2) is 0 Å². The lowest BCUT2D eigenvalue weighted by atomic mass is 9.91. The van der Waals surface area contributed by atoms with E-state index in [-0.39, 0.29) is 17.7 Å². The molecule has 0 aromatic rings. The second kappa shape index (κ2) is 8.99. The normalized spacial score (nSPS) is 25.0. The molecule has 1 atom stereocenters. The molecule has 142 valence electrons. The van der Waals surface area contributed by atoms with E-state index in [1.807, 2.05) is 9.80 Å². The van der Waals surface area contributed by atoms with Gasteiger partial charge in [-0.2, -0.15) is 0 Å². The van der Waals surface area contributed by atoms with Crippen LogP contribution in [0.5, 0.6) is 0 Å². The number of carbonyl (C=O) groups is 2. The summed E-state index contributed by atoms with van der Waals surface area (Å²) in [5.41, 5.74) is 6.25. The number of nitrogens with zero attached hydrogens (tertiary/aromatic N) is 2. The van der Waals surface area contributed by atoms with Gasteiger partial charge in [0.25, 0.3) is 0 Å². The van der Waals surface area contributed by atoms with Crippen molar-refractivity contribution < 1.29 is 14.3 Å². The van der Waals surface area contributed by atoms with Crippen LogP contribution in [0, 0.1) is 11.8 Å². The van der Waals surface area contributed by atoms with Crippen LogP contribution in [-0.4, -0.2) is 67.0 Å². The Kier molecular flexibility index (Phi) is 6.70. The molecular formula is C19H33N3O3. The number of hydrogen-bond donors (Lipinski definition) is 1. The predicted molar refractivity (Wildman–Crippen MR) is 95.9 cm³/mol. The van der Waals surface area contributed by atoms with Crippen LogP contribution in [0.25, 0.3) is 0 Å². The van der Waals surface area contributed by atoms with E-state index in [0.29, 0.717) is 45.2 Å². The molecular weight excluding hydrogens is 318 g/mol. The Balaban J connectivity index is 1.48. The molecule has 2 aliphatic heterocycles. The average molecular weight is 351 g/mol. The molecule has 2 N–H and O–H groups in total. The van der Waals surface area contributed by atoms with Crippen molar-refractivity contribution in [2.24, 2.45) is 17.6 Å². The number of carbonyl (C=O) groups excluding carboxylic acids is 2. The molecule has 6 nitrogen and oxygen atoms in total. The number of rotatable bonds is 4. The zero-order chi connectivity index (χ0) is 17.6. The molecule has 25 heavy (non-hydrogen) atoms. The third-order valence-corrected chi connectivity index (χ3v) is 6.16. The molecule has 0 spiro atoms. The van der Waals surface area contributed by atoms with Crippen LogP contribution < -0.4 is 5.73 Å². The van der Waals surface area contributed by atoms with Gasteiger partial charge >= 0.3 is 0 Å². The zero-order valence-corrected chi connectivity index (χ0v) is 15.3. The van der Waals surface area contributed by atoms with Gasteiger partial charge in [-0.3, -0.25) is 9.59 Å². The van der Waals surface area contributed by atoms with Crippen LogP contribution >= 0.6 is 0 Å². The van der Waals surface area contributed by atoms with Gasteiger partial charge < -0.3 is 20.3 Å². The first-order valence-corrected chi connectivity index (χ1v) is 10.0. The van der Waals surface area contributed by atoms with E-state index in [1.54, 1.807) is 0 Å². The standard InChI is InChI=1S/C19H33N3O3/c20-18(16-6-12-25-13-7-16)19(24)22-9-3-8-21(10-11-22)17(23)14-15-4-1-2-5-15/h15-16,18H,1-14,20H2. The Bertz CT molecular complexity index is 459. The van der Waals surface area contributed by atoms with Crippen molar-refractivity contribution in [1.29, 1.82) is 0 Å². The lowest BCUT2D eigenvalue weighted by Gasteiger charge is -2.31. The van der Waals surface area contributed by atoms with Crippen molar-refractivity contribution in [3.05, 3.63) is 0 Å². The maximum atomic E-state index is 12.8. The molecule has 0 aromatic heterocycles. The van der Waals surface area contributed by atoms with E-state index in [4.69, 9.17) is 10.5 Å². The van der Waals surface area contributed by atoms with Crippen molar-refractivity contribution in [2.75, 3.05) is 39.4 Å². The summed E-state index contributed by atoms with van der Waals surface area (Å²) >= 11 is 0. The van der Waals surface area contributed by atoms with Crippen LogP contribution in [0.15, 0.2) is 0 Å². The van der Waals surface area contributed by atoms with Gasteiger partial charge in [0.1, 0.15) is 0 Å². The fourth-order valence-corrected chi connectivity index (χ4v) is 4.47. The molecule has 3 rings (SSSR count). The fraction of sp³-hybridized carbons (Fsp3) is 0.895. The topological polar surface area (TPSA) is 75.9 Å². The quantitative estimate of drug-likeness (QED) is 0.830. The van der Waals surface area contributed by atoms with Gasteiger partial charge in [-0.25, -0.2) is 0 Å². The lowest BCUT2D eigenvalue weighted by Crippen LogP contribution is -2.50. The molecule has 1 saturated carbocycles. The molecule has 6 heteroatoms. The van der Waals surface area contributed by atoms with E-state index in [0.717, 1.165) is 25.8 Å². The average Bonchev–Trinajstić information content (AvgIpc) is 3.02. The van der Waals surface area contributed by atoms with Crippen molar-refractivity contribution in [2.45, 2.75) is 57.4 Å². The molecule has 3 aliphatic rings. The van der Waals surface area contributed by atoms with Gasteiger partial charge in [-0.15, -0.1) is 0 Å². The molecule has 1 aliphatic carbocycles. The Morgan fingerprint density at radius 1 is 0.920 bits per heavy atom. The van der Waals surface area contributed by atoms with Gasteiger partial charge in [0.2, 0.25) is 11.8 Å². The second-order valence-electron chi connectivity index (χ2n) is 7.89.